The quantitative estimate of drug-likeness (QED) is 0.749. The zero-order valence-corrected chi connectivity index (χ0v) is 14.3. The maximum Gasteiger partial charge on any atom is 0.410 e. The molecule has 6 heteroatoms. The fourth-order valence-electron chi connectivity index (χ4n) is 2.50. The fourth-order valence-corrected chi connectivity index (χ4v) is 2.67. The minimum atomic E-state index is -0.504. The van der Waals surface area contributed by atoms with Gasteiger partial charge in [-0.2, -0.15) is 0 Å². The van der Waals surface area contributed by atoms with Crippen molar-refractivity contribution < 1.29 is 14.3 Å². The predicted molar refractivity (Wildman–Crippen MR) is 83.6 cm³/mol. The number of hydrogen-bond donors (Lipinski definition) is 0. The number of likely N-dealkylation sites (N-methyl/N-ethyl adjacent to an activating group) is 1. The normalized spacial score (nSPS) is 19.3. The Morgan fingerprint density at radius 1 is 1.33 bits per heavy atom. The SMILES string of the molecule is CCN(C[C@H]1CCCCN1C(=O)OC(C)(C)C)C(=O)CCl. The highest BCUT2D eigenvalue weighted by Gasteiger charge is 2.32. The van der Waals surface area contributed by atoms with Gasteiger partial charge in [0, 0.05) is 19.6 Å². The van der Waals surface area contributed by atoms with E-state index in [0.717, 1.165) is 19.3 Å². The van der Waals surface area contributed by atoms with E-state index in [1.54, 1.807) is 9.80 Å². The van der Waals surface area contributed by atoms with Crippen molar-refractivity contribution in [2.45, 2.75) is 58.6 Å². The summed E-state index contributed by atoms with van der Waals surface area (Å²) in [6, 6.07) is 0.0146. The fraction of sp³-hybridized carbons (Fsp3) is 0.867. The molecule has 0 aromatic carbocycles. The molecule has 0 aromatic heterocycles. The second-order valence-corrected chi connectivity index (χ2v) is 6.66. The van der Waals surface area contributed by atoms with E-state index >= 15 is 0 Å². The monoisotopic (exact) mass is 318 g/mol. The molecule has 1 aliphatic heterocycles. The van der Waals surface area contributed by atoms with Crippen LogP contribution < -0.4 is 0 Å². The van der Waals surface area contributed by atoms with Crippen molar-refractivity contribution in [3.63, 3.8) is 0 Å². The van der Waals surface area contributed by atoms with Crippen LogP contribution >= 0.6 is 11.6 Å². The smallest absolute Gasteiger partial charge is 0.410 e. The highest BCUT2D eigenvalue weighted by Crippen LogP contribution is 2.21. The predicted octanol–water partition coefficient (Wildman–Crippen LogP) is 2.86. The summed E-state index contributed by atoms with van der Waals surface area (Å²) in [5, 5.41) is 0. The molecule has 0 N–H and O–H groups in total. The van der Waals surface area contributed by atoms with Crippen LogP contribution in [0.2, 0.25) is 0 Å². The summed E-state index contributed by atoms with van der Waals surface area (Å²) in [6.45, 7) is 9.32. The van der Waals surface area contributed by atoms with Gasteiger partial charge in [0.1, 0.15) is 11.5 Å². The van der Waals surface area contributed by atoms with E-state index < -0.39 is 5.60 Å². The van der Waals surface area contributed by atoms with Gasteiger partial charge in [-0.3, -0.25) is 4.79 Å². The van der Waals surface area contributed by atoms with Gasteiger partial charge >= 0.3 is 6.09 Å². The second kappa shape index (κ2) is 7.87. The lowest BCUT2D eigenvalue weighted by molar-refractivity contribution is -0.129. The summed E-state index contributed by atoms with van der Waals surface area (Å²) >= 11 is 5.63. The van der Waals surface area contributed by atoms with Crippen LogP contribution in [0, 0.1) is 0 Å². The summed E-state index contributed by atoms with van der Waals surface area (Å²) in [7, 11) is 0. The summed E-state index contributed by atoms with van der Waals surface area (Å²) in [6.07, 6.45) is 2.65. The van der Waals surface area contributed by atoms with Crippen LogP contribution in [0.25, 0.3) is 0 Å². The van der Waals surface area contributed by atoms with Crippen LogP contribution in [0.15, 0.2) is 0 Å². The number of carbonyl (C=O) groups is 2. The number of carbonyl (C=O) groups excluding carboxylic acids is 2. The first-order chi connectivity index (χ1) is 9.78. The molecule has 0 bridgehead atoms. The van der Waals surface area contributed by atoms with Crippen LogP contribution in [-0.4, -0.2) is 59.0 Å². The molecule has 0 spiro atoms. The van der Waals surface area contributed by atoms with E-state index in [9.17, 15) is 9.59 Å². The molecule has 0 aliphatic carbocycles. The van der Waals surface area contributed by atoms with Crippen molar-refractivity contribution in [1.29, 1.82) is 0 Å². The largest absolute Gasteiger partial charge is 0.444 e. The molecule has 1 saturated heterocycles. The topological polar surface area (TPSA) is 49.9 Å². The Balaban J connectivity index is 2.72. The Kier molecular flexibility index (Phi) is 6.78. The van der Waals surface area contributed by atoms with Gasteiger partial charge in [0.15, 0.2) is 0 Å². The molecular formula is C15H27ClN2O3. The Labute approximate surface area is 132 Å². The van der Waals surface area contributed by atoms with Crippen molar-refractivity contribution >= 4 is 23.6 Å². The molecule has 0 saturated carbocycles. The molecule has 1 heterocycles. The number of ether oxygens (including phenoxy) is 1. The summed E-state index contributed by atoms with van der Waals surface area (Å²) < 4.78 is 5.47. The lowest BCUT2D eigenvalue weighted by Gasteiger charge is -2.39. The molecule has 0 radical (unpaired) electrons. The van der Waals surface area contributed by atoms with Gasteiger partial charge in [0.2, 0.25) is 5.91 Å². The van der Waals surface area contributed by atoms with Crippen LogP contribution in [-0.2, 0) is 9.53 Å². The Bertz CT molecular complexity index is 368. The minimum absolute atomic E-state index is 0.0146. The van der Waals surface area contributed by atoms with Crippen molar-refractivity contribution in [3.8, 4) is 0 Å². The third-order valence-corrected chi connectivity index (χ3v) is 3.76. The first kappa shape index (κ1) is 18.1. The van der Waals surface area contributed by atoms with Gasteiger partial charge in [-0.25, -0.2) is 4.79 Å². The number of nitrogens with zero attached hydrogens (tertiary/aromatic N) is 2. The number of hydrogen-bond acceptors (Lipinski definition) is 3. The molecule has 0 aromatic rings. The van der Waals surface area contributed by atoms with Gasteiger partial charge in [-0.15, -0.1) is 11.6 Å². The van der Waals surface area contributed by atoms with Crippen LogP contribution in [0.3, 0.4) is 0 Å². The van der Waals surface area contributed by atoms with Gasteiger partial charge in [0.05, 0.1) is 6.04 Å². The lowest BCUT2D eigenvalue weighted by Crippen LogP contribution is -2.52. The molecule has 1 atom stereocenters. The molecule has 1 rings (SSSR count). The van der Waals surface area contributed by atoms with Crippen LogP contribution in [0.1, 0.15) is 47.0 Å². The van der Waals surface area contributed by atoms with E-state index in [1.165, 1.54) is 0 Å². The lowest BCUT2D eigenvalue weighted by atomic mass is 10.0. The second-order valence-electron chi connectivity index (χ2n) is 6.39. The number of alkyl halides is 1. The molecule has 21 heavy (non-hydrogen) atoms. The van der Waals surface area contributed by atoms with E-state index in [4.69, 9.17) is 16.3 Å². The number of halogens is 1. The van der Waals surface area contributed by atoms with E-state index in [1.807, 2.05) is 27.7 Å². The van der Waals surface area contributed by atoms with E-state index in [0.29, 0.717) is 19.6 Å². The number of piperidine rings is 1. The molecule has 2 amide bonds. The first-order valence-electron chi connectivity index (χ1n) is 7.62. The zero-order valence-electron chi connectivity index (χ0n) is 13.5. The molecule has 1 fully saturated rings. The van der Waals surface area contributed by atoms with Crippen molar-refractivity contribution in [2.75, 3.05) is 25.5 Å². The Morgan fingerprint density at radius 2 is 2.00 bits per heavy atom. The molecule has 122 valence electrons. The van der Waals surface area contributed by atoms with Gasteiger partial charge in [0.25, 0.3) is 0 Å². The van der Waals surface area contributed by atoms with E-state index in [-0.39, 0.29) is 23.9 Å². The van der Waals surface area contributed by atoms with Crippen LogP contribution in [0.4, 0.5) is 4.79 Å². The van der Waals surface area contributed by atoms with Gasteiger partial charge in [-0.1, -0.05) is 0 Å². The summed E-state index contributed by atoms with van der Waals surface area (Å²) in [5.74, 6) is -0.110. The maximum absolute atomic E-state index is 12.3. The number of likely N-dealkylation sites (tertiary alicyclic amines) is 1. The van der Waals surface area contributed by atoms with Crippen molar-refractivity contribution in [1.82, 2.24) is 9.80 Å². The average molecular weight is 319 g/mol. The third-order valence-electron chi connectivity index (χ3n) is 3.54. The minimum Gasteiger partial charge on any atom is -0.444 e. The zero-order chi connectivity index (χ0) is 16.0. The molecule has 5 nitrogen and oxygen atoms in total. The maximum atomic E-state index is 12.3. The first-order valence-corrected chi connectivity index (χ1v) is 8.15. The molecule has 1 aliphatic rings. The van der Waals surface area contributed by atoms with Gasteiger partial charge in [-0.05, 0) is 47.0 Å². The van der Waals surface area contributed by atoms with Gasteiger partial charge < -0.3 is 14.5 Å². The Hall–Kier alpha value is -0.970. The summed E-state index contributed by atoms with van der Waals surface area (Å²) in [4.78, 5) is 27.6. The van der Waals surface area contributed by atoms with Crippen molar-refractivity contribution in [2.24, 2.45) is 0 Å². The average Bonchev–Trinajstić information content (AvgIpc) is 2.42. The highest BCUT2D eigenvalue weighted by molar-refractivity contribution is 6.27. The molecular weight excluding hydrogens is 292 g/mol. The molecule has 0 unspecified atom stereocenters. The third kappa shape index (κ3) is 5.73. The Morgan fingerprint density at radius 3 is 2.52 bits per heavy atom. The van der Waals surface area contributed by atoms with Crippen LogP contribution in [0.5, 0.6) is 0 Å². The summed E-state index contributed by atoms with van der Waals surface area (Å²) in [5.41, 5.74) is -0.504. The van der Waals surface area contributed by atoms with E-state index in [2.05, 4.69) is 0 Å². The highest BCUT2D eigenvalue weighted by atomic mass is 35.5. The van der Waals surface area contributed by atoms with Crippen molar-refractivity contribution in [3.05, 3.63) is 0 Å². The number of rotatable bonds is 4. The number of amides is 2. The standard InChI is InChI=1S/C15H27ClN2O3/c1-5-17(13(19)10-16)11-12-8-6-7-9-18(12)14(20)21-15(2,3)4/h12H,5-11H2,1-4H3/t12-/m1/s1.